The maximum atomic E-state index is 13.7. The second-order valence-corrected chi connectivity index (χ2v) is 10.4. The molecular formula is C26H33N5O5. The minimum atomic E-state index is -0.974. The Morgan fingerprint density at radius 2 is 2.08 bits per heavy atom. The first-order chi connectivity index (χ1) is 17.3. The van der Waals surface area contributed by atoms with E-state index < -0.39 is 23.9 Å². The highest BCUT2D eigenvalue weighted by Gasteiger charge is 2.52. The van der Waals surface area contributed by atoms with Gasteiger partial charge in [0.1, 0.15) is 23.5 Å². The van der Waals surface area contributed by atoms with Gasteiger partial charge in [0.25, 0.3) is 5.91 Å². The maximum Gasteiger partial charge on any atom is 0.271 e. The van der Waals surface area contributed by atoms with Gasteiger partial charge in [0.05, 0.1) is 7.11 Å². The van der Waals surface area contributed by atoms with Gasteiger partial charge < -0.3 is 31.0 Å². The van der Waals surface area contributed by atoms with Crippen molar-refractivity contribution >= 4 is 34.5 Å². The molecule has 192 valence electrons. The van der Waals surface area contributed by atoms with Crippen LogP contribution in [0.3, 0.4) is 0 Å². The summed E-state index contributed by atoms with van der Waals surface area (Å²) in [5.74, 6) is -1.19. The summed E-state index contributed by atoms with van der Waals surface area (Å²) in [6.07, 6.45) is 5.15. The molecule has 2 saturated heterocycles. The molecule has 3 aliphatic rings. The number of aromatic amines is 1. The molecule has 1 saturated carbocycles. The molecule has 5 N–H and O–H groups in total. The number of nitrogens with two attached hydrogens (primary N) is 1. The quantitative estimate of drug-likeness (QED) is 0.459. The van der Waals surface area contributed by atoms with E-state index in [1.54, 1.807) is 18.1 Å². The molecule has 36 heavy (non-hydrogen) atoms. The summed E-state index contributed by atoms with van der Waals surface area (Å²) in [6.45, 7) is 1.10. The maximum absolute atomic E-state index is 13.7. The molecule has 1 aromatic heterocycles. The largest absolute Gasteiger partial charge is 0.496 e. The predicted octanol–water partition coefficient (Wildman–Crippen LogP) is 1.45. The van der Waals surface area contributed by atoms with Crippen LogP contribution >= 0.6 is 0 Å². The average molecular weight is 496 g/mol. The lowest BCUT2D eigenvalue weighted by atomic mass is 9.67. The van der Waals surface area contributed by atoms with Gasteiger partial charge in [-0.05, 0) is 62.1 Å². The number of ether oxygens (including phenoxy) is 1. The molecule has 1 aromatic carbocycles. The Balaban J connectivity index is 1.36. The summed E-state index contributed by atoms with van der Waals surface area (Å²) in [4.78, 5) is 56.3. The fraction of sp³-hybridized carbons (Fsp3) is 0.538. The van der Waals surface area contributed by atoms with Gasteiger partial charge in [0, 0.05) is 29.9 Å². The number of hydrogen-bond acceptors (Lipinski definition) is 5. The number of benzene rings is 1. The number of primary amides is 1. The van der Waals surface area contributed by atoms with Crippen LogP contribution in [-0.4, -0.2) is 65.8 Å². The Morgan fingerprint density at radius 3 is 2.75 bits per heavy atom. The van der Waals surface area contributed by atoms with Crippen molar-refractivity contribution in [1.82, 2.24) is 20.5 Å². The lowest BCUT2D eigenvalue weighted by Crippen LogP contribution is -2.53. The Morgan fingerprint density at radius 1 is 1.28 bits per heavy atom. The number of carbonyl (C=O) groups is 4. The van der Waals surface area contributed by atoms with E-state index in [4.69, 9.17) is 10.5 Å². The van der Waals surface area contributed by atoms with Crippen LogP contribution in [0.5, 0.6) is 5.75 Å². The van der Waals surface area contributed by atoms with Crippen LogP contribution in [0.2, 0.25) is 0 Å². The van der Waals surface area contributed by atoms with E-state index in [-0.39, 0.29) is 29.6 Å². The summed E-state index contributed by atoms with van der Waals surface area (Å²) in [5, 5.41) is 6.37. The summed E-state index contributed by atoms with van der Waals surface area (Å²) < 4.78 is 5.42. The summed E-state index contributed by atoms with van der Waals surface area (Å²) in [6, 6.07) is 5.61. The smallest absolute Gasteiger partial charge is 0.271 e. The first kappa shape index (κ1) is 24.1. The Kier molecular flexibility index (Phi) is 6.36. The fourth-order valence-electron chi connectivity index (χ4n) is 5.98. The first-order valence-electron chi connectivity index (χ1n) is 12.6. The Bertz CT molecular complexity index is 1200. The van der Waals surface area contributed by atoms with Crippen LogP contribution in [0, 0.1) is 11.3 Å². The molecular weight excluding hydrogens is 462 g/mol. The lowest BCUT2D eigenvalue weighted by molar-refractivity contribution is -0.132. The molecule has 3 heterocycles. The third-order valence-corrected chi connectivity index (χ3v) is 8.14. The molecule has 3 fully saturated rings. The molecule has 2 aromatic rings. The molecule has 10 heteroatoms. The number of carbonyl (C=O) groups excluding carboxylic acids is 4. The lowest BCUT2D eigenvalue weighted by Gasteiger charge is -2.37. The van der Waals surface area contributed by atoms with Gasteiger partial charge in [-0.25, -0.2) is 0 Å². The van der Waals surface area contributed by atoms with Crippen molar-refractivity contribution in [3.63, 3.8) is 0 Å². The van der Waals surface area contributed by atoms with Crippen LogP contribution in [0.25, 0.3) is 10.9 Å². The van der Waals surface area contributed by atoms with Gasteiger partial charge in [-0.1, -0.05) is 12.5 Å². The molecule has 10 nitrogen and oxygen atoms in total. The van der Waals surface area contributed by atoms with Crippen LogP contribution < -0.4 is 21.1 Å². The third kappa shape index (κ3) is 4.40. The standard InChI is InChI=1S/C26H33N5O5/c1-36-21-7-2-6-17-16(21)12-19(29-17)25(35)31-14-26(8-4-9-26)13-20(31)24(34)30-18(22(27)32)11-15-5-3-10-28-23(15)33/h2,6-7,12,15,18,20,29H,3-5,8-11,13-14H2,1H3,(H2,27,32)(H,28,33)(H,30,34)/t15-,18-,20?/m0/s1. The van der Waals surface area contributed by atoms with Crippen LogP contribution in [-0.2, 0) is 14.4 Å². The van der Waals surface area contributed by atoms with E-state index in [0.717, 1.165) is 36.6 Å². The molecule has 1 unspecified atom stereocenters. The number of rotatable bonds is 7. The molecule has 0 bridgehead atoms. The minimum Gasteiger partial charge on any atom is -0.496 e. The highest BCUT2D eigenvalue weighted by Crippen LogP contribution is 2.50. The number of aromatic nitrogens is 1. The van der Waals surface area contributed by atoms with Crippen molar-refractivity contribution < 1.29 is 23.9 Å². The van der Waals surface area contributed by atoms with Crippen molar-refractivity contribution in [2.24, 2.45) is 17.1 Å². The molecule has 1 aliphatic carbocycles. The zero-order chi connectivity index (χ0) is 25.4. The Hall–Kier alpha value is -3.56. The van der Waals surface area contributed by atoms with Crippen molar-refractivity contribution in [3.05, 3.63) is 30.0 Å². The highest BCUT2D eigenvalue weighted by atomic mass is 16.5. The van der Waals surface area contributed by atoms with E-state index in [1.165, 1.54) is 0 Å². The zero-order valence-electron chi connectivity index (χ0n) is 20.5. The predicted molar refractivity (Wildman–Crippen MR) is 132 cm³/mol. The van der Waals surface area contributed by atoms with Gasteiger partial charge in [0.15, 0.2) is 0 Å². The molecule has 4 amide bonds. The number of hydrogen-bond donors (Lipinski definition) is 4. The van der Waals surface area contributed by atoms with Crippen molar-refractivity contribution in [3.8, 4) is 5.75 Å². The van der Waals surface area contributed by atoms with Gasteiger partial charge in [0.2, 0.25) is 17.7 Å². The number of amides is 4. The number of piperidine rings is 1. The normalized spacial score (nSPS) is 23.7. The summed E-state index contributed by atoms with van der Waals surface area (Å²) in [5.41, 5.74) is 6.69. The topological polar surface area (TPSA) is 147 Å². The van der Waals surface area contributed by atoms with Gasteiger partial charge in [-0.15, -0.1) is 0 Å². The molecule has 3 atom stereocenters. The number of likely N-dealkylation sites (tertiary alicyclic amines) is 1. The third-order valence-electron chi connectivity index (χ3n) is 8.14. The van der Waals surface area contributed by atoms with Crippen molar-refractivity contribution in [2.45, 2.75) is 57.0 Å². The van der Waals surface area contributed by atoms with Crippen molar-refractivity contribution in [1.29, 1.82) is 0 Å². The van der Waals surface area contributed by atoms with Gasteiger partial charge in [-0.2, -0.15) is 0 Å². The van der Waals surface area contributed by atoms with Crippen LogP contribution in [0.15, 0.2) is 24.3 Å². The second kappa shape index (κ2) is 9.48. The fourth-order valence-corrected chi connectivity index (χ4v) is 5.98. The number of fused-ring (bicyclic) bond motifs is 1. The van der Waals surface area contributed by atoms with Crippen LogP contribution in [0.1, 0.15) is 55.4 Å². The van der Waals surface area contributed by atoms with Crippen molar-refractivity contribution in [2.75, 3.05) is 20.2 Å². The monoisotopic (exact) mass is 495 g/mol. The molecule has 5 rings (SSSR count). The Labute approximate surface area is 209 Å². The van der Waals surface area contributed by atoms with E-state index in [1.807, 2.05) is 18.2 Å². The number of nitrogens with zero attached hydrogens (tertiary/aromatic N) is 1. The van der Waals surface area contributed by atoms with Gasteiger partial charge >= 0.3 is 0 Å². The summed E-state index contributed by atoms with van der Waals surface area (Å²) >= 11 is 0. The summed E-state index contributed by atoms with van der Waals surface area (Å²) in [7, 11) is 1.58. The van der Waals surface area contributed by atoms with E-state index >= 15 is 0 Å². The number of nitrogens with one attached hydrogen (secondary N) is 3. The molecule has 0 radical (unpaired) electrons. The zero-order valence-corrected chi connectivity index (χ0v) is 20.5. The van der Waals surface area contributed by atoms with E-state index in [2.05, 4.69) is 15.6 Å². The van der Waals surface area contributed by atoms with Crippen LogP contribution in [0.4, 0.5) is 0 Å². The molecule has 1 spiro atoms. The van der Waals surface area contributed by atoms with E-state index in [9.17, 15) is 19.2 Å². The SMILES string of the molecule is COc1cccc2[nH]c(C(=O)N3CC4(CCC4)CC3C(=O)N[C@@H](C[C@@H]3CCCNC3=O)C(N)=O)cc12. The minimum absolute atomic E-state index is 0.0765. The highest BCUT2D eigenvalue weighted by molar-refractivity contribution is 6.02. The molecule has 2 aliphatic heterocycles. The second-order valence-electron chi connectivity index (χ2n) is 10.4. The average Bonchev–Trinajstić information content (AvgIpc) is 3.47. The number of methoxy groups -OCH3 is 1. The first-order valence-corrected chi connectivity index (χ1v) is 12.6. The van der Waals surface area contributed by atoms with E-state index in [0.29, 0.717) is 37.4 Å². The number of H-pyrrole nitrogens is 1. The van der Waals surface area contributed by atoms with Gasteiger partial charge in [-0.3, -0.25) is 19.2 Å².